The lowest BCUT2D eigenvalue weighted by molar-refractivity contribution is 0.606. The number of rotatable bonds is 5. The number of hydrogen-bond donors (Lipinski definition) is 1. The molecule has 0 atom stereocenters. The SMILES string of the molecule is CCN(CC(C)C)c1nc(N)nc(-n2cccn2)n1. The normalized spacial score (nSPS) is 10.9. The first kappa shape index (κ1) is 13.3. The molecular formula is C12H19N7. The van der Waals surface area contributed by atoms with Gasteiger partial charge in [0.05, 0.1) is 0 Å². The van der Waals surface area contributed by atoms with Crippen LogP contribution in [0.2, 0.25) is 0 Å². The van der Waals surface area contributed by atoms with E-state index in [2.05, 4.69) is 45.7 Å². The zero-order chi connectivity index (χ0) is 13.8. The summed E-state index contributed by atoms with van der Waals surface area (Å²) in [6.45, 7) is 8.07. The van der Waals surface area contributed by atoms with Gasteiger partial charge < -0.3 is 10.6 Å². The van der Waals surface area contributed by atoms with Crippen LogP contribution in [0.5, 0.6) is 0 Å². The van der Waals surface area contributed by atoms with Gasteiger partial charge in [0, 0.05) is 25.5 Å². The van der Waals surface area contributed by atoms with Crippen LogP contribution in [0.4, 0.5) is 11.9 Å². The summed E-state index contributed by atoms with van der Waals surface area (Å²) in [7, 11) is 0. The maximum atomic E-state index is 5.76. The lowest BCUT2D eigenvalue weighted by atomic mass is 10.2. The Kier molecular flexibility index (Phi) is 3.94. The van der Waals surface area contributed by atoms with E-state index in [-0.39, 0.29) is 5.95 Å². The standard InChI is InChI=1S/C12H19N7/c1-4-18(8-9(2)3)11-15-10(13)16-12(17-11)19-7-5-6-14-19/h5-7,9H,4,8H2,1-3H3,(H2,13,15,16,17). The van der Waals surface area contributed by atoms with Crippen LogP contribution in [0.3, 0.4) is 0 Å². The summed E-state index contributed by atoms with van der Waals surface area (Å²) in [5.74, 6) is 1.76. The Balaban J connectivity index is 2.35. The van der Waals surface area contributed by atoms with Gasteiger partial charge in [-0.2, -0.15) is 20.1 Å². The highest BCUT2D eigenvalue weighted by Gasteiger charge is 2.13. The van der Waals surface area contributed by atoms with E-state index in [9.17, 15) is 0 Å². The van der Waals surface area contributed by atoms with Gasteiger partial charge in [0.2, 0.25) is 11.9 Å². The quantitative estimate of drug-likeness (QED) is 0.868. The fourth-order valence-corrected chi connectivity index (χ4v) is 1.79. The molecule has 0 aliphatic carbocycles. The molecule has 0 radical (unpaired) electrons. The van der Waals surface area contributed by atoms with Crippen molar-refractivity contribution in [3.8, 4) is 5.95 Å². The van der Waals surface area contributed by atoms with Gasteiger partial charge >= 0.3 is 0 Å². The third-order valence-corrected chi connectivity index (χ3v) is 2.59. The summed E-state index contributed by atoms with van der Waals surface area (Å²) < 4.78 is 1.57. The van der Waals surface area contributed by atoms with E-state index >= 15 is 0 Å². The van der Waals surface area contributed by atoms with Crippen LogP contribution in [0, 0.1) is 5.92 Å². The first-order chi connectivity index (χ1) is 9.10. The maximum Gasteiger partial charge on any atom is 0.257 e. The fourth-order valence-electron chi connectivity index (χ4n) is 1.79. The molecule has 19 heavy (non-hydrogen) atoms. The Labute approximate surface area is 112 Å². The lowest BCUT2D eigenvalue weighted by Crippen LogP contribution is -2.30. The summed E-state index contributed by atoms with van der Waals surface area (Å²) in [6, 6.07) is 1.81. The van der Waals surface area contributed by atoms with Crippen molar-refractivity contribution < 1.29 is 0 Å². The highest BCUT2D eigenvalue weighted by molar-refractivity contribution is 5.37. The average molecular weight is 261 g/mol. The van der Waals surface area contributed by atoms with Crippen molar-refractivity contribution in [2.45, 2.75) is 20.8 Å². The largest absolute Gasteiger partial charge is 0.368 e. The third kappa shape index (κ3) is 3.18. The second-order valence-corrected chi connectivity index (χ2v) is 4.68. The predicted molar refractivity (Wildman–Crippen MR) is 74.1 cm³/mol. The van der Waals surface area contributed by atoms with Crippen molar-refractivity contribution in [1.29, 1.82) is 0 Å². The zero-order valence-electron chi connectivity index (χ0n) is 11.5. The molecule has 2 rings (SSSR count). The molecule has 2 aromatic heterocycles. The molecule has 0 amide bonds. The van der Waals surface area contributed by atoms with Crippen LogP contribution < -0.4 is 10.6 Å². The summed E-state index contributed by atoms with van der Waals surface area (Å²) in [6.07, 6.45) is 3.45. The molecule has 0 aliphatic rings. The van der Waals surface area contributed by atoms with E-state index in [1.54, 1.807) is 17.1 Å². The number of hydrogen-bond acceptors (Lipinski definition) is 6. The highest BCUT2D eigenvalue weighted by Crippen LogP contribution is 2.12. The van der Waals surface area contributed by atoms with E-state index in [0.29, 0.717) is 17.8 Å². The van der Waals surface area contributed by atoms with Crippen LogP contribution in [0.15, 0.2) is 18.5 Å². The minimum Gasteiger partial charge on any atom is -0.368 e. The second kappa shape index (κ2) is 5.64. The van der Waals surface area contributed by atoms with Crippen molar-refractivity contribution in [3.63, 3.8) is 0 Å². The Morgan fingerprint density at radius 2 is 2.11 bits per heavy atom. The van der Waals surface area contributed by atoms with Gasteiger partial charge in [-0.25, -0.2) is 4.68 Å². The summed E-state index contributed by atoms with van der Waals surface area (Å²) in [5, 5.41) is 4.10. The zero-order valence-corrected chi connectivity index (χ0v) is 11.5. The van der Waals surface area contributed by atoms with Crippen molar-refractivity contribution >= 4 is 11.9 Å². The van der Waals surface area contributed by atoms with Gasteiger partial charge in [-0.15, -0.1) is 0 Å². The van der Waals surface area contributed by atoms with Crippen LogP contribution in [-0.2, 0) is 0 Å². The van der Waals surface area contributed by atoms with Gasteiger partial charge in [-0.1, -0.05) is 13.8 Å². The van der Waals surface area contributed by atoms with Gasteiger partial charge in [-0.3, -0.25) is 0 Å². The van der Waals surface area contributed by atoms with Gasteiger partial charge in [0.15, 0.2) is 0 Å². The number of nitrogens with zero attached hydrogens (tertiary/aromatic N) is 6. The van der Waals surface area contributed by atoms with Gasteiger partial charge in [0.25, 0.3) is 5.95 Å². The molecule has 0 bridgehead atoms. The lowest BCUT2D eigenvalue weighted by Gasteiger charge is -2.23. The first-order valence-corrected chi connectivity index (χ1v) is 6.36. The number of nitrogens with two attached hydrogens (primary N) is 1. The van der Waals surface area contributed by atoms with Crippen molar-refractivity contribution in [1.82, 2.24) is 24.7 Å². The molecule has 7 nitrogen and oxygen atoms in total. The second-order valence-electron chi connectivity index (χ2n) is 4.68. The molecule has 0 aliphatic heterocycles. The molecule has 0 spiro atoms. The van der Waals surface area contributed by atoms with E-state index in [0.717, 1.165) is 13.1 Å². The first-order valence-electron chi connectivity index (χ1n) is 6.36. The molecule has 0 saturated heterocycles. The molecular weight excluding hydrogens is 242 g/mol. The van der Waals surface area contributed by atoms with Crippen molar-refractivity contribution in [3.05, 3.63) is 18.5 Å². The third-order valence-electron chi connectivity index (χ3n) is 2.59. The highest BCUT2D eigenvalue weighted by atomic mass is 15.4. The Hall–Kier alpha value is -2.18. The molecule has 0 saturated carbocycles. The van der Waals surface area contributed by atoms with E-state index in [1.165, 1.54) is 0 Å². The van der Waals surface area contributed by atoms with Crippen LogP contribution in [0.1, 0.15) is 20.8 Å². The van der Waals surface area contributed by atoms with E-state index < -0.39 is 0 Å². The smallest absolute Gasteiger partial charge is 0.257 e. The number of nitrogen functional groups attached to an aromatic ring is 1. The number of anilines is 2. The predicted octanol–water partition coefficient (Wildman–Crippen LogP) is 1.12. The van der Waals surface area contributed by atoms with Crippen molar-refractivity contribution in [2.75, 3.05) is 23.7 Å². The maximum absolute atomic E-state index is 5.76. The molecule has 0 unspecified atom stereocenters. The molecule has 102 valence electrons. The average Bonchev–Trinajstić information content (AvgIpc) is 2.88. The van der Waals surface area contributed by atoms with Gasteiger partial charge in [0.1, 0.15) is 0 Å². The molecule has 2 aromatic rings. The summed E-state index contributed by atoms with van der Waals surface area (Å²) >= 11 is 0. The van der Waals surface area contributed by atoms with Crippen LogP contribution in [0.25, 0.3) is 5.95 Å². The van der Waals surface area contributed by atoms with E-state index in [1.807, 2.05) is 6.07 Å². The van der Waals surface area contributed by atoms with Gasteiger partial charge in [-0.05, 0) is 18.9 Å². The summed E-state index contributed by atoms with van der Waals surface area (Å²) in [4.78, 5) is 14.8. The topological polar surface area (TPSA) is 85.8 Å². The Bertz CT molecular complexity index is 521. The van der Waals surface area contributed by atoms with Crippen molar-refractivity contribution in [2.24, 2.45) is 5.92 Å². The Morgan fingerprint density at radius 3 is 2.68 bits per heavy atom. The fraction of sp³-hybridized carbons (Fsp3) is 0.500. The number of aromatic nitrogens is 5. The van der Waals surface area contributed by atoms with E-state index in [4.69, 9.17) is 5.73 Å². The molecule has 0 aromatic carbocycles. The monoisotopic (exact) mass is 261 g/mol. The van der Waals surface area contributed by atoms with Crippen LogP contribution >= 0.6 is 0 Å². The Morgan fingerprint density at radius 1 is 1.32 bits per heavy atom. The minimum absolute atomic E-state index is 0.206. The molecule has 7 heteroatoms. The summed E-state index contributed by atoms with van der Waals surface area (Å²) in [5.41, 5.74) is 5.76. The molecule has 2 N–H and O–H groups in total. The minimum atomic E-state index is 0.206. The van der Waals surface area contributed by atoms with Crippen LogP contribution in [-0.4, -0.2) is 37.8 Å². The molecule has 0 fully saturated rings. The molecule has 2 heterocycles.